The zero-order valence-electron chi connectivity index (χ0n) is 16.2. The highest BCUT2D eigenvalue weighted by Gasteiger charge is 2.24. The van der Waals surface area contributed by atoms with Crippen LogP contribution in [0.25, 0.3) is 6.08 Å². The summed E-state index contributed by atoms with van der Waals surface area (Å²) in [6.07, 6.45) is 6.09. The molecule has 1 amide bonds. The number of hydrogen-bond acceptors (Lipinski definition) is 3. The lowest BCUT2D eigenvalue weighted by molar-refractivity contribution is -0.118. The number of amides is 1. The van der Waals surface area contributed by atoms with Crippen LogP contribution in [-0.4, -0.2) is 11.9 Å². The molecular formula is C24H26N2O2. The Morgan fingerprint density at radius 1 is 1.14 bits per heavy atom. The maximum absolute atomic E-state index is 12.5. The number of nitriles is 1. The minimum atomic E-state index is -0.286. The second-order valence-corrected chi connectivity index (χ2v) is 7.35. The molecule has 2 aromatic rings. The van der Waals surface area contributed by atoms with Crippen LogP contribution in [0.5, 0.6) is 5.75 Å². The van der Waals surface area contributed by atoms with E-state index in [0.717, 1.165) is 36.1 Å². The third-order valence-corrected chi connectivity index (χ3v) is 5.23. The van der Waals surface area contributed by atoms with Gasteiger partial charge in [0.15, 0.2) is 0 Å². The molecule has 3 rings (SSSR count). The number of benzene rings is 2. The van der Waals surface area contributed by atoms with Crippen molar-refractivity contribution in [2.75, 3.05) is 0 Å². The summed E-state index contributed by atoms with van der Waals surface area (Å²) < 4.78 is 5.77. The van der Waals surface area contributed by atoms with E-state index in [2.05, 4.69) is 12.2 Å². The number of hydrogen-bond donors (Lipinski definition) is 1. The molecule has 1 N–H and O–H groups in total. The molecule has 1 saturated carbocycles. The molecule has 2 aromatic carbocycles. The lowest BCUT2D eigenvalue weighted by atomic mass is 9.86. The van der Waals surface area contributed by atoms with Crippen LogP contribution in [0.4, 0.5) is 0 Å². The van der Waals surface area contributed by atoms with Crippen LogP contribution in [0.2, 0.25) is 0 Å². The zero-order chi connectivity index (χ0) is 19.8. The van der Waals surface area contributed by atoms with Crippen LogP contribution >= 0.6 is 0 Å². The van der Waals surface area contributed by atoms with Gasteiger partial charge in [-0.15, -0.1) is 0 Å². The highest BCUT2D eigenvalue weighted by molar-refractivity contribution is 6.01. The first-order chi connectivity index (χ1) is 13.7. The van der Waals surface area contributed by atoms with Crippen molar-refractivity contribution in [3.63, 3.8) is 0 Å². The molecule has 0 spiro atoms. The molecule has 4 heteroatoms. The molecule has 0 bridgehead atoms. The Morgan fingerprint density at radius 3 is 2.54 bits per heavy atom. The molecule has 1 aliphatic carbocycles. The van der Waals surface area contributed by atoms with Gasteiger partial charge in [0.05, 0.1) is 0 Å². The van der Waals surface area contributed by atoms with Crippen molar-refractivity contribution in [3.8, 4) is 11.8 Å². The summed E-state index contributed by atoms with van der Waals surface area (Å²) in [5.74, 6) is 0.921. The zero-order valence-corrected chi connectivity index (χ0v) is 16.2. The Labute approximate surface area is 166 Å². The fourth-order valence-electron chi connectivity index (χ4n) is 3.49. The predicted octanol–water partition coefficient (Wildman–Crippen LogP) is 4.87. The summed E-state index contributed by atoms with van der Waals surface area (Å²) in [7, 11) is 0. The normalized spacial score (nSPS) is 19.5. The fraction of sp³-hybridized carbons (Fsp3) is 0.333. The molecule has 0 heterocycles. The summed E-state index contributed by atoms with van der Waals surface area (Å²) in [4.78, 5) is 12.5. The van der Waals surface area contributed by atoms with Gasteiger partial charge in [0.1, 0.15) is 24.0 Å². The third-order valence-electron chi connectivity index (χ3n) is 5.23. The summed E-state index contributed by atoms with van der Waals surface area (Å²) in [6, 6.07) is 19.6. The standard InChI is InChI=1S/C24H26N2O2/c1-18-7-5-6-10-23(18)26-24(27)21(16-25)15-19-11-13-22(14-12-19)28-17-20-8-3-2-4-9-20/h2-4,8-9,11-15,18,23H,5-7,10,17H2,1H3,(H,26,27)/b21-15-/t18-,23+/m1/s1. The second-order valence-electron chi connectivity index (χ2n) is 7.35. The van der Waals surface area contributed by atoms with Crippen LogP contribution < -0.4 is 10.1 Å². The number of carbonyl (C=O) groups excluding carboxylic acids is 1. The topological polar surface area (TPSA) is 62.1 Å². The molecule has 4 nitrogen and oxygen atoms in total. The Kier molecular flexibility index (Phi) is 6.86. The van der Waals surface area contributed by atoms with Crippen molar-refractivity contribution in [2.45, 2.75) is 45.3 Å². The van der Waals surface area contributed by atoms with Crippen molar-refractivity contribution in [1.82, 2.24) is 5.32 Å². The van der Waals surface area contributed by atoms with E-state index in [0.29, 0.717) is 12.5 Å². The molecule has 1 fully saturated rings. The van der Waals surface area contributed by atoms with E-state index in [9.17, 15) is 10.1 Å². The highest BCUT2D eigenvalue weighted by atomic mass is 16.5. The maximum atomic E-state index is 12.5. The Balaban J connectivity index is 1.60. The van der Waals surface area contributed by atoms with E-state index in [-0.39, 0.29) is 17.5 Å². The van der Waals surface area contributed by atoms with Gasteiger partial charge in [-0.2, -0.15) is 5.26 Å². The van der Waals surface area contributed by atoms with E-state index < -0.39 is 0 Å². The van der Waals surface area contributed by atoms with Crippen molar-refractivity contribution < 1.29 is 9.53 Å². The van der Waals surface area contributed by atoms with Crippen LogP contribution in [0.3, 0.4) is 0 Å². The quantitative estimate of drug-likeness (QED) is 0.580. The van der Waals surface area contributed by atoms with Crippen molar-refractivity contribution in [2.24, 2.45) is 5.92 Å². The van der Waals surface area contributed by atoms with Crippen LogP contribution in [0, 0.1) is 17.2 Å². The average Bonchev–Trinajstić information content (AvgIpc) is 2.73. The minimum Gasteiger partial charge on any atom is -0.489 e. The largest absolute Gasteiger partial charge is 0.489 e. The monoisotopic (exact) mass is 374 g/mol. The lowest BCUT2D eigenvalue weighted by Crippen LogP contribution is -2.41. The van der Waals surface area contributed by atoms with E-state index in [1.54, 1.807) is 6.08 Å². The summed E-state index contributed by atoms with van der Waals surface area (Å²) in [5, 5.41) is 12.4. The smallest absolute Gasteiger partial charge is 0.262 e. The number of ether oxygens (including phenoxy) is 1. The Bertz CT molecular complexity index is 850. The van der Waals surface area contributed by atoms with E-state index in [1.165, 1.54) is 6.42 Å². The van der Waals surface area contributed by atoms with Gasteiger partial charge in [0, 0.05) is 6.04 Å². The Hall–Kier alpha value is -3.06. The SMILES string of the molecule is C[C@@H]1CCCC[C@@H]1NC(=O)/C(C#N)=C\c1ccc(OCc2ccccc2)cc1. The second kappa shape index (κ2) is 9.75. The minimum absolute atomic E-state index is 0.135. The van der Waals surface area contributed by atoms with Gasteiger partial charge in [0.2, 0.25) is 0 Å². The van der Waals surface area contributed by atoms with E-state index in [4.69, 9.17) is 4.74 Å². The van der Waals surface area contributed by atoms with Gasteiger partial charge in [0.25, 0.3) is 5.91 Å². The summed E-state index contributed by atoms with van der Waals surface area (Å²) in [6.45, 7) is 2.66. The van der Waals surface area contributed by atoms with Gasteiger partial charge in [-0.25, -0.2) is 0 Å². The van der Waals surface area contributed by atoms with E-state index >= 15 is 0 Å². The van der Waals surface area contributed by atoms with Gasteiger partial charge >= 0.3 is 0 Å². The van der Waals surface area contributed by atoms with Crippen LogP contribution in [-0.2, 0) is 11.4 Å². The van der Waals surface area contributed by atoms with Gasteiger partial charge in [-0.1, -0.05) is 62.2 Å². The highest BCUT2D eigenvalue weighted by Crippen LogP contribution is 2.24. The van der Waals surface area contributed by atoms with Gasteiger partial charge in [-0.05, 0) is 48.1 Å². The van der Waals surface area contributed by atoms with E-state index in [1.807, 2.05) is 60.7 Å². The summed E-state index contributed by atoms with van der Waals surface area (Å²) >= 11 is 0. The fourth-order valence-corrected chi connectivity index (χ4v) is 3.49. The third kappa shape index (κ3) is 5.47. The first kappa shape index (κ1) is 19.7. The molecule has 28 heavy (non-hydrogen) atoms. The molecule has 0 aliphatic heterocycles. The number of nitrogens with one attached hydrogen (secondary N) is 1. The van der Waals surface area contributed by atoms with Crippen molar-refractivity contribution >= 4 is 12.0 Å². The molecule has 0 saturated heterocycles. The molecule has 0 aromatic heterocycles. The Morgan fingerprint density at radius 2 is 1.86 bits per heavy atom. The molecular weight excluding hydrogens is 348 g/mol. The van der Waals surface area contributed by atoms with Gasteiger partial charge < -0.3 is 10.1 Å². The molecule has 2 atom stereocenters. The average molecular weight is 374 g/mol. The van der Waals surface area contributed by atoms with Gasteiger partial charge in [-0.3, -0.25) is 4.79 Å². The molecule has 0 radical (unpaired) electrons. The number of rotatable bonds is 6. The first-order valence-electron chi connectivity index (χ1n) is 9.85. The number of nitrogens with zero attached hydrogens (tertiary/aromatic N) is 1. The van der Waals surface area contributed by atoms with Crippen molar-refractivity contribution in [3.05, 3.63) is 71.3 Å². The van der Waals surface area contributed by atoms with Crippen molar-refractivity contribution in [1.29, 1.82) is 5.26 Å². The first-order valence-corrected chi connectivity index (χ1v) is 9.85. The summed E-state index contributed by atoms with van der Waals surface area (Å²) in [5.41, 5.74) is 2.04. The van der Waals surface area contributed by atoms with Crippen LogP contribution in [0.1, 0.15) is 43.7 Å². The maximum Gasteiger partial charge on any atom is 0.262 e. The molecule has 1 aliphatic rings. The lowest BCUT2D eigenvalue weighted by Gasteiger charge is -2.29. The number of carbonyl (C=O) groups is 1. The predicted molar refractivity (Wildman–Crippen MR) is 110 cm³/mol. The molecule has 144 valence electrons. The molecule has 0 unspecified atom stereocenters. The van der Waals surface area contributed by atoms with Crippen LogP contribution in [0.15, 0.2) is 60.2 Å².